The average Bonchev–Trinajstić information content (AvgIpc) is 2.41. The number of aromatic hydroxyl groups is 1. The lowest BCUT2D eigenvalue weighted by molar-refractivity contribution is 0.0621. The number of anilines is 1. The van der Waals surface area contributed by atoms with Crippen molar-refractivity contribution in [2.75, 3.05) is 38.5 Å². The first-order valence-electron chi connectivity index (χ1n) is 7.08. The molecule has 1 aliphatic heterocycles. The average molecular weight is 277 g/mol. The number of carbonyl (C=O) groups is 1. The number of nitrogen functional groups attached to an aromatic ring is 1. The Hall–Kier alpha value is -1.75. The van der Waals surface area contributed by atoms with Crippen molar-refractivity contribution in [3.63, 3.8) is 0 Å². The van der Waals surface area contributed by atoms with Crippen LogP contribution in [-0.4, -0.2) is 53.5 Å². The third-order valence-corrected chi connectivity index (χ3v) is 3.58. The molecule has 0 unspecified atom stereocenters. The molecular weight excluding hydrogens is 254 g/mol. The van der Waals surface area contributed by atoms with Crippen LogP contribution in [0.1, 0.15) is 24.2 Å². The van der Waals surface area contributed by atoms with Gasteiger partial charge in [-0.25, -0.2) is 0 Å². The molecule has 5 nitrogen and oxygen atoms in total. The summed E-state index contributed by atoms with van der Waals surface area (Å²) in [6, 6.07) is 4.90. The van der Waals surface area contributed by atoms with Crippen LogP contribution in [0.15, 0.2) is 18.2 Å². The normalized spacial score (nSPS) is 16.6. The first-order chi connectivity index (χ1) is 9.49. The maximum atomic E-state index is 12.4. The lowest BCUT2D eigenvalue weighted by atomic mass is 10.1. The van der Waals surface area contributed by atoms with Crippen molar-refractivity contribution in [3.05, 3.63) is 23.8 Å². The smallest absolute Gasteiger partial charge is 0.257 e. The standard InChI is InChI=1S/C15H23N3O2/c1-11(2)10-17-6-8-18(9-7-17)15(20)12-4-3-5-13(16)14(12)19/h3-5,11,19H,6-10,16H2,1-2H3. The van der Waals surface area contributed by atoms with Gasteiger partial charge >= 0.3 is 0 Å². The molecular formula is C15H23N3O2. The molecule has 110 valence electrons. The van der Waals surface area contributed by atoms with Gasteiger partial charge in [0.2, 0.25) is 0 Å². The van der Waals surface area contributed by atoms with E-state index in [1.165, 1.54) is 0 Å². The van der Waals surface area contributed by atoms with Crippen molar-refractivity contribution in [1.29, 1.82) is 0 Å². The maximum Gasteiger partial charge on any atom is 0.257 e. The topological polar surface area (TPSA) is 69.8 Å². The fourth-order valence-electron chi connectivity index (χ4n) is 2.55. The van der Waals surface area contributed by atoms with Crippen molar-refractivity contribution in [3.8, 4) is 5.75 Å². The molecule has 1 aromatic rings. The Balaban J connectivity index is 2.00. The molecule has 3 N–H and O–H groups in total. The van der Waals surface area contributed by atoms with Crippen LogP contribution in [0.4, 0.5) is 5.69 Å². The van der Waals surface area contributed by atoms with Crippen molar-refractivity contribution in [1.82, 2.24) is 9.80 Å². The number of phenolic OH excluding ortho intramolecular Hbond substituents is 1. The summed E-state index contributed by atoms with van der Waals surface area (Å²) in [6.45, 7) is 8.61. The lowest BCUT2D eigenvalue weighted by Gasteiger charge is -2.35. The molecule has 1 aromatic carbocycles. The van der Waals surface area contributed by atoms with Crippen molar-refractivity contribution in [2.24, 2.45) is 5.92 Å². The molecule has 5 heteroatoms. The summed E-state index contributed by atoms with van der Waals surface area (Å²) in [7, 11) is 0. The summed E-state index contributed by atoms with van der Waals surface area (Å²) in [4.78, 5) is 16.5. The molecule has 0 aliphatic carbocycles. The molecule has 0 atom stereocenters. The number of benzene rings is 1. The van der Waals surface area contributed by atoms with Gasteiger partial charge in [0.15, 0.2) is 5.75 Å². The molecule has 1 fully saturated rings. The third kappa shape index (κ3) is 3.22. The van der Waals surface area contributed by atoms with Crippen LogP contribution in [0.5, 0.6) is 5.75 Å². The van der Waals surface area contributed by atoms with Crippen LogP contribution in [-0.2, 0) is 0 Å². The van der Waals surface area contributed by atoms with Gasteiger partial charge in [-0.15, -0.1) is 0 Å². The summed E-state index contributed by atoms with van der Waals surface area (Å²) in [6.07, 6.45) is 0. The first-order valence-corrected chi connectivity index (χ1v) is 7.08. The molecule has 2 rings (SSSR count). The van der Waals surface area contributed by atoms with E-state index in [1.807, 2.05) is 0 Å². The van der Waals surface area contributed by atoms with Crippen molar-refractivity contribution in [2.45, 2.75) is 13.8 Å². The van der Waals surface area contributed by atoms with Gasteiger partial charge in [-0.2, -0.15) is 0 Å². The van der Waals surface area contributed by atoms with Gasteiger partial charge in [-0.05, 0) is 18.1 Å². The zero-order valence-electron chi connectivity index (χ0n) is 12.2. The Morgan fingerprint density at radius 2 is 1.95 bits per heavy atom. The van der Waals surface area contributed by atoms with Crippen LogP contribution >= 0.6 is 0 Å². The second kappa shape index (κ2) is 6.13. The number of amides is 1. The Morgan fingerprint density at radius 3 is 2.55 bits per heavy atom. The molecule has 0 bridgehead atoms. The molecule has 0 radical (unpaired) electrons. The highest BCUT2D eigenvalue weighted by Crippen LogP contribution is 2.26. The second-order valence-electron chi connectivity index (χ2n) is 5.73. The van der Waals surface area contributed by atoms with Gasteiger partial charge in [0.05, 0.1) is 11.3 Å². The van der Waals surface area contributed by atoms with E-state index in [9.17, 15) is 9.90 Å². The highest BCUT2D eigenvalue weighted by Gasteiger charge is 2.24. The number of hydrogen-bond acceptors (Lipinski definition) is 4. The number of nitrogens with zero attached hydrogens (tertiary/aromatic N) is 2. The molecule has 1 heterocycles. The fourth-order valence-corrected chi connectivity index (χ4v) is 2.55. The number of phenols is 1. The third-order valence-electron chi connectivity index (χ3n) is 3.58. The minimum absolute atomic E-state index is 0.109. The quantitative estimate of drug-likeness (QED) is 0.647. The van der Waals surface area contributed by atoms with Crippen LogP contribution in [0.2, 0.25) is 0 Å². The van der Waals surface area contributed by atoms with Crippen LogP contribution in [0, 0.1) is 5.92 Å². The largest absolute Gasteiger partial charge is 0.505 e. The summed E-state index contributed by atoms with van der Waals surface area (Å²) < 4.78 is 0. The van der Waals surface area contributed by atoms with Gasteiger partial charge in [-0.1, -0.05) is 19.9 Å². The minimum Gasteiger partial charge on any atom is -0.505 e. The van der Waals surface area contributed by atoms with Gasteiger partial charge in [0.1, 0.15) is 0 Å². The predicted octanol–water partition coefficient (Wildman–Crippen LogP) is 1.39. The summed E-state index contributed by atoms with van der Waals surface area (Å²) in [5.74, 6) is 0.385. The maximum absolute atomic E-state index is 12.4. The van der Waals surface area contributed by atoms with Gasteiger partial charge < -0.3 is 15.7 Å². The number of nitrogens with two attached hydrogens (primary N) is 1. The number of para-hydroxylation sites is 1. The van der Waals surface area contributed by atoms with E-state index in [-0.39, 0.29) is 17.3 Å². The Labute approximate surface area is 120 Å². The van der Waals surface area contributed by atoms with Crippen molar-refractivity contribution >= 4 is 11.6 Å². The molecule has 0 spiro atoms. The summed E-state index contributed by atoms with van der Waals surface area (Å²) in [5.41, 5.74) is 6.17. The molecule has 1 aliphatic rings. The van der Waals surface area contributed by atoms with E-state index in [2.05, 4.69) is 18.7 Å². The fraction of sp³-hybridized carbons (Fsp3) is 0.533. The molecule has 0 saturated carbocycles. The van der Waals surface area contributed by atoms with E-state index >= 15 is 0 Å². The van der Waals surface area contributed by atoms with E-state index in [1.54, 1.807) is 23.1 Å². The highest BCUT2D eigenvalue weighted by molar-refractivity contribution is 5.98. The summed E-state index contributed by atoms with van der Waals surface area (Å²) in [5, 5.41) is 9.89. The highest BCUT2D eigenvalue weighted by atomic mass is 16.3. The predicted molar refractivity (Wildman–Crippen MR) is 79.7 cm³/mol. The Kier molecular flexibility index (Phi) is 4.49. The van der Waals surface area contributed by atoms with Gasteiger partial charge in [-0.3, -0.25) is 9.69 Å². The molecule has 1 saturated heterocycles. The SMILES string of the molecule is CC(C)CN1CCN(C(=O)c2cccc(N)c2O)CC1. The monoisotopic (exact) mass is 277 g/mol. The zero-order chi connectivity index (χ0) is 14.7. The van der Waals surface area contributed by atoms with Crippen LogP contribution in [0.3, 0.4) is 0 Å². The van der Waals surface area contributed by atoms with E-state index < -0.39 is 0 Å². The number of rotatable bonds is 3. The van der Waals surface area contributed by atoms with Crippen molar-refractivity contribution < 1.29 is 9.90 Å². The lowest BCUT2D eigenvalue weighted by Crippen LogP contribution is -2.49. The van der Waals surface area contributed by atoms with Crippen LogP contribution < -0.4 is 5.73 Å². The van der Waals surface area contributed by atoms with Gasteiger partial charge in [0.25, 0.3) is 5.91 Å². The zero-order valence-corrected chi connectivity index (χ0v) is 12.2. The van der Waals surface area contributed by atoms with Crippen LogP contribution in [0.25, 0.3) is 0 Å². The Morgan fingerprint density at radius 1 is 1.30 bits per heavy atom. The molecule has 0 aromatic heterocycles. The van der Waals surface area contributed by atoms with E-state index in [0.29, 0.717) is 24.6 Å². The number of hydrogen-bond donors (Lipinski definition) is 2. The Bertz CT molecular complexity index is 480. The van der Waals surface area contributed by atoms with Gasteiger partial charge in [0, 0.05) is 32.7 Å². The first kappa shape index (κ1) is 14.7. The molecule has 20 heavy (non-hydrogen) atoms. The minimum atomic E-state index is -0.140. The van der Waals surface area contributed by atoms with E-state index in [4.69, 9.17) is 5.73 Å². The number of piperazine rings is 1. The molecule has 1 amide bonds. The second-order valence-corrected chi connectivity index (χ2v) is 5.73. The number of carbonyl (C=O) groups excluding carboxylic acids is 1. The van der Waals surface area contributed by atoms with E-state index in [0.717, 1.165) is 19.6 Å². The summed E-state index contributed by atoms with van der Waals surface area (Å²) >= 11 is 0.